The number of amides is 1. The van der Waals surface area contributed by atoms with E-state index in [-0.39, 0.29) is 5.91 Å². The molecular formula is C25H26N2O4. The molecule has 3 rings (SSSR count). The highest BCUT2D eigenvalue weighted by atomic mass is 16.5. The van der Waals surface area contributed by atoms with E-state index in [1.54, 1.807) is 33.1 Å². The van der Waals surface area contributed by atoms with Gasteiger partial charge in [-0.15, -0.1) is 0 Å². The first-order valence-corrected chi connectivity index (χ1v) is 10.1. The zero-order valence-electron chi connectivity index (χ0n) is 17.9. The number of rotatable bonds is 8. The lowest BCUT2D eigenvalue weighted by atomic mass is 10.1. The van der Waals surface area contributed by atoms with Gasteiger partial charge in [0.1, 0.15) is 5.75 Å². The number of ether oxygens (including phenoxy) is 2. The van der Waals surface area contributed by atoms with Gasteiger partial charge in [-0.1, -0.05) is 42.5 Å². The number of aromatic nitrogens is 1. The Morgan fingerprint density at radius 1 is 1.00 bits per heavy atom. The molecule has 1 aromatic heterocycles. The van der Waals surface area contributed by atoms with Crippen molar-refractivity contribution in [3.8, 4) is 17.0 Å². The molecule has 0 fully saturated rings. The van der Waals surface area contributed by atoms with Gasteiger partial charge >= 0.3 is 5.97 Å². The summed E-state index contributed by atoms with van der Waals surface area (Å²) in [4.78, 5) is 29.3. The summed E-state index contributed by atoms with van der Waals surface area (Å²) in [6, 6.07) is 20.8. The average molecular weight is 418 g/mol. The smallest absolute Gasteiger partial charge is 0.340 e. The van der Waals surface area contributed by atoms with Gasteiger partial charge in [0, 0.05) is 12.1 Å². The monoisotopic (exact) mass is 418 g/mol. The van der Waals surface area contributed by atoms with Crippen molar-refractivity contribution in [2.45, 2.75) is 26.4 Å². The van der Waals surface area contributed by atoms with E-state index in [1.165, 1.54) is 0 Å². The molecule has 6 heteroatoms. The van der Waals surface area contributed by atoms with Crippen molar-refractivity contribution in [2.24, 2.45) is 0 Å². The lowest BCUT2D eigenvalue weighted by Crippen LogP contribution is -2.37. The highest BCUT2D eigenvalue weighted by Gasteiger charge is 2.20. The Morgan fingerprint density at radius 2 is 1.71 bits per heavy atom. The largest absolute Gasteiger partial charge is 0.497 e. The topological polar surface area (TPSA) is 77.5 Å². The normalized spacial score (nSPS) is 11.5. The van der Waals surface area contributed by atoms with E-state index in [2.05, 4.69) is 10.3 Å². The van der Waals surface area contributed by atoms with E-state index >= 15 is 0 Å². The molecule has 1 amide bonds. The van der Waals surface area contributed by atoms with Crippen LogP contribution in [0.25, 0.3) is 11.3 Å². The molecule has 0 radical (unpaired) electrons. The second kappa shape index (κ2) is 10.4. The molecule has 0 bridgehead atoms. The van der Waals surface area contributed by atoms with Gasteiger partial charge in [0.05, 0.1) is 24.1 Å². The average Bonchev–Trinajstić information content (AvgIpc) is 2.79. The Bertz CT molecular complexity index is 1030. The fourth-order valence-corrected chi connectivity index (χ4v) is 3.09. The lowest BCUT2D eigenvalue weighted by Gasteiger charge is -2.14. The zero-order valence-corrected chi connectivity index (χ0v) is 17.9. The van der Waals surface area contributed by atoms with Crippen LogP contribution in [-0.4, -0.2) is 36.6 Å². The minimum atomic E-state index is -0.906. The third-order valence-electron chi connectivity index (χ3n) is 4.90. The summed E-state index contributed by atoms with van der Waals surface area (Å²) in [6.07, 6.45) is -0.239. The van der Waals surface area contributed by atoms with E-state index < -0.39 is 12.1 Å². The minimum absolute atomic E-state index is 0.339. The summed E-state index contributed by atoms with van der Waals surface area (Å²) >= 11 is 0. The molecule has 0 aliphatic carbocycles. The molecule has 3 aromatic rings. The molecule has 6 nitrogen and oxygen atoms in total. The van der Waals surface area contributed by atoms with E-state index in [0.717, 1.165) is 22.6 Å². The van der Waals surface area contributed by atoms with E-state index in [9.17, 15) is 9.59 Å². The van der Waals surface area contributed by atoms with Gasteiger partial charge in [0.15, 0.2) is 6.10 Å². The molecule has 31 heavy (non-hydrogen) atoms. The van der Waals surface area contributed by atoms with Gasteiger partial charge in [-0.3, -0.25) is 9.78 Å². The fourth-order valence-electron chi connectivity index (χ4n) is 3.09. The number of methoxy groups -OCH3 is 1. The molecule has 1 unspecified atom stereocenters. The third kappa shape index (κ3) is 5.92. The minimum Gasteiger partial charge on any atom is -0.497 e. The Kier molecular flexibility index (Phi) is 7.38. The number of nitrogens with one attached hydrogen (secondary N) is 1. The molecule has 0 aliphatic rings. The maximum absolute atomic E-state index is 12.5. The van der Waals surface area contributed by atoms with E-state index in [0.29, 0.717) is 24.2 Å². The first-order chi connectivity index (χ1) is 15.0. The van der Waals surface area contributed by atoms with Crippen LogP contribution >= 0.6 is 0 Å². The number of pyridine rings is 1. The predicted octanol–water partition coefficient (Wildman–Crippen LogP) is 3.97. The maximum atomic E-state index is 12.5. The second-order valence-electron chi connectivity index (χ2n) is 7.13. The standard InChI is InChI=1S/C25H26N2O4/c1-17-22(13-14-23(27-17)20-7-5-4-6-8-20)25(29)31-18(2)24(28)26-16-15-19-9-11-21(30-3)12-10-19/h4-14,18H,15-16H2,1-3H3,(H,26,28). The second-order valence-corrected chi connectivity index (χ2v) is 7.13. The number of nitrogens with zero attached hydrogens (tertiary/aromatic N) is 1. The summed E-state index contributed by atoms with van der Waals surface area (Å²) in [6.45, 7) is 3.75. The molecular weight excluding hydrogens is 392 g/mol. The number of esters is 1. The van der Waals surface area contributed by atoms with Gasteiger partial charge in [-0.25, -0.2) is 4.79 Å². The van der Waals surface area contributed by atoms with Crippen LogP contribution in [0.1, 0.15) is 28.5 Å². The van der Waals surface area contributed by atoms with E-state index in [1.807, 2.05) is 54.6 Å². The molecule has 0 saturated heterocycles. The highest BCUT2D eigenvalue weighted by Crippen LogP contribution is 2.19. The van der Waals surface area contributed by atoms with E-state index in [4.69, 9.17) is 9.47 Å². The Hall–Kier alpha value is -3.67. The lowest BCUT2D eigenvalue weighted by molar-refractivity contribution is -0.129. The van der Waals surface area contributed by atoms with Crippen LogP contribution in [-0.2, 0) is 16.0 Å². The van der Waals surface area contributed by atoms with Gasteiger partial charge in [-0.2, -0.15) is 0 Å². The van der Waals surface area contributed by atoms with Gasteiger partial charge in [0.25, 0.3) is 5.91 Å². The summed E-state index contributed by atoms with van der Waals surface area (Å²) in [7, 11) is 1.62. The first-order valence-electron chi connectivity index (χ1n) is 10.1. The predicted molar refractivity (Wildman–Crippen MR) is 119 cm³/mol. The number of benzene rings is 2. The van der Waals surface area contributed by atoms with Crippen LogP contribution < -0.4 is 10.1 Å². The summed E-state index contributed by atoms with van der Waals surface area (Å²) in [5.74, 6) is -0.120. The van der Waals surface area contributed by atoms with Crippen molar-refractivity contribution >= 4 is 11.9 Å². The molecule has 1 heterocycles. The van der Waals surface area contributed by atoms with Crippen LogP contribution in [0.15, 0.2) is 66.7 Å². The van der Waals surface area contributed by atoms with Crippen molar-refractivity contribution < 1.29 is 19.1 Å². The van der Waals surface area contributed by atoms with Crippen LogP contribution in [0.2, 0.25) is 0 Å². The number of carbonyl (C=O) groups excluding carboxylic acids is 2. The molecule has 0 aliphatic heterocycles. The SMILES string of the molecule is COc1ccc(CCNC(=O)C(C)OC(=O)c2ccc(-c3ccccc3)nc2C)cc1. The van der Waals surface area contributed by atoms with Crippen molar-refractivity contribution in [2.75, 3.05) is 13.7 Å². The van der Waals surface area contributed by atoms with Crippen LogP contribution in [0.5, 0.6) is 5.75 Å². The number of hydrogen-bond acceptors (Lipinski definition) is 5. The van der Waals surface area contributed by atoms with Gasteiger partial charge in [-0.05, 0) is 50.1 Å². The fraction of sp³-hybridized carbons (Fsp3) is 0.240. The summed E-state index contributed by atoms with van der Waals surface area (Å²) in [5, 5.41) is 2.80. The molecule has 0 spiro atoms. The molecule has 1 N–H and O–H groups in total. The number of carbonyl (C=O) groups is 2. The molecule has 2 aromatic carbocycles. The zero-order chi connectivity index (χ0) is 22.2. The molecule has 1 atom stereocenters. The quantitative estimate of drug-likeness (QED) is 0.560. The first kappa shape index (κ1) is 22.0. The van der Waals surface area contributed by atoms with Crippen molar-refractivity contribution in [3.05, 3.63) is 83.6 Å². The molecule has 0 saturated carbocycles. The van der Waals surface area contributed by atoms with Crippen LogP contribution in [0.4, 0.5) is 0 Å². The van der Waals surface area contributed by atoms with Crippen molar-refractivity contribution in [3.63, 3.8) is 0 Å². The summed E-state index contributed by atoms with van der Waals surface area (Å²) < 4.78 is 10.5. The van der Waals surface area contributed by atoms with Gasteiger partial charge < -0.3 is 14.8 Å². The van der Waals surface area contributed by atoms with Crippen molar-refractivity contribution in [1.82, 2.24) is 10.3 Å². The number of hydrogen-bond donors (Lipinski definition) is 1. The number of aryl methyl sites for hydroxylation is 1. The van der Waals surface area contributed by atoms with Crippen LogP contribution in [0, 0.1) is 6.92 Å². The Labute approximate surface area is 182 Å². The summed E-state index contributed by atoms with van der Waals surface area (Å²) in [5.41, 5.74) is 3.72. The highest BCUT2D eigenvalue weighted by molar-refractivity contribution is 5.93. The Balaban J connectivity index is 1.52. The van der Waals surface area contributed by atoms with Crippen molar-refractivity contribution in [1.29, 1.82) is 0 Å². The maximum Gasteiger partial charge on any atom is 0.340 e. The van der Waals surface area contributed by atoms with Crippen LogP contribution in [0.3, 0.4) is 0 Å². The van der Waals surface area contributed by atoms with Gasteiger partial charge in [0.2, 0.25) is 0 Å². The third-order valence-corrected chi connectivity index (χ3v) is 4.90. The molecule has 160 valence electrons. The Morgan fingerprint density at radius 3 is 2.35 bits per heavy atom.